The van der Waals surface area contributed by atoms with E-state index in [1.54, 1.807) is 0 Å². The lowest BCUT2D eigenvalue weighted by Gasteiger charge is -2.24. The number of rotatable bonds is 13. The fraction of sp³-hybridized carbons (Fsp3) is 0.286. The monoisotopic (exact) mass is 509 g/mol. The normalized spacial score (nSPS) is 13.2. The molecule has 2 atom stereocenters. The average molecular weight is 510 g/mol. The highest BCUT2D eigenvalue weighted by molar-refractivity contribution is 7.58. The molecule has 0 bridgehead atoms. The lowest BCUT2D eigenvalue weighted by atomic mass is 10.2. The Bertz CT molecular complexity index is 1120. The fourth-order valence-electron chi connectivity index (χ4n) is 3.62. The van der Waals surface area contributed by atoms with Crippen molar-refractivity contribution in [2.45, 2.75) is 44.7 Å². The van der Waals surface area contributed by atoms with Crippen molar-refractivity contribution in [3.8, 4) is 0 Å². The van der Waals surface area contributed by atoms with Gasteiger partial charge in [-0.05, 0) is 36.0 Å². The number of carbonyl (C=O) groups is 2. The number of alkyl carbamates (subject to hydrolysis) is 1. The molecule has 190 valence electrons. The van der Waals surface area contributed by atoms with Crippen LogP contribution in [-0.4, -0.2) is 28.9 Å². The maximum Gasteiger partial charge on any atom is 0.408 e. The van der Waals surface area contributed by atoms with Crippen molar-refractivity contribution in [2.24, 2.45) is 0 Å². The molecule has 0 saturated carbocycles. The second kappa shape index (κ2) is 14.2. The summed E-state index contributed by atoms with van der Waals surface area (Å²) in [4.78, 5) is 35.5. The van der Waals surface area contributed by atoms with E-state index in [1.807, 2.05) is 91.0 Å². The van der Waals surface area contributed by atoms with Gasteiger partial charge < -0.3 is 19.7 Å². The van der Waals surface area contributed by atoms with Crippen LogP contribution in [0.1, 0.15) is 36.0 Å². The van der Waals surface area contributed by atoms with E-state index >= 15 is 0 Å². The molecule has 0 saturated heterocycles. The van der Waals surface area contributed by atoms with E-state index in [2.05, 4.69) is 5.32 Å². The van der Waals surface area contributed by atoms with Crippen molar-refractivity contribution >= 4 is 19.4 Å². The molecule has 2 N–H and O–H groups in total. The van der Waals surface area contributed by atoms with Crippen LogP contribution in [0.3, 0.4) is 0 Å². The number of carbonyl (C=O) groups excluding carboxylic acids is 2. The largest absolute Gasteiger partial charge is 0.461 e. The summed E-state index contributed by atoms with van der Waals surface area (Å²) in [6.07, 6.45) is 0.119. The first kappa shape index (κ1) is 27.2. The van der Waals surface area contributed by atoms with Gasteiger partial charge >= 0.3 is 12.1 Å². The quantitative estimate of drug-likeness (QED) is 0.228. The summed E-state index contributed by atoms with van der Waals surface area (Å²) >= 11 is 0. The SMILES string of the molecule is O=C(CCCC(NC(=O)OCc1ccccc1)P(=O)(O)CCc1ccccc1)OCc1ccccc1. The van der Waals surface area contributed by atoms with Gasteiger partial charge in [0.1, 0.15) is 19.0 Å². The summed E-state index contributed by atoms with van der Waals surface area (Å²) in [6, 6.07) is 27.9. The van der Waals surface area contributed by atoms with Crippen molar-refractivity contribution in [1.29, 1.82) is 0 Å². The molecule has 3 aromatic carbocycles. The molecule has 0 aliphatic heterocycles. The molecule has 2 unspecified atom stereocenters. The Morgan fingerprint density at radius 2 is 1.28 bits per heavy atom. The van der Waals surface area contributed by atoms with E-state index in [1.165, 1.54) is 0 Å². The lowest BCUT2D eigenvalue weighted by molar-refractivity contribution is -0.145. The van der Waals surface area contributed by atoms with Crippen molar-refractivity contribution in [1.82, 2.24) is 5.32 Å². The highest BCUT2D eigenvalue weighted by Gasteiger charge is 2.32. The molecule has 0 spiro atoms. The fourth-order valence-corrected chi connectivity index (χ4v) is 5.40. The van der Waals surface area contributed by atoms with Gasteiger partial charge in [-0.15, -0.1) is 0 Å². The predicted molar refractivity (Wildman–Crippen MR) is 138 cm³/mol. The molecule has 3 aromatic rings. The van der Waals surface area contributed by atoms with Crippen LogP contribution in [0.5, 0.6) is 0 Å². The Morgan fingerprint density at radius 1 is 0.778 bits per heavy atom. The smallest absolute Gasteiger partial charge is 0.408 e. The minimum atomic E-state index is -3.80. The molecule has 8 heteroatoms. The summed E-state index contributed by atoms with van der Waals surface area (Å²) in [7, 11) is -3.80. The van der Waals surface area contributed by atoms with E-state index < -0.39 is 25.2 Å². The summed E-state index contributed by atoms with van der Waals surface area (Å²) < 4.78 is 23.8. The second-order valence-corrected chi connectivity index (χ2v) is 11.1. The number of esters is 1. The van der Waals surface area contributed by atoms with Crippen molar-refractivity contribution in [2.75, 3.05) is 6.16 Å². The third-order valence-corrected chi connectivity index (χ3v) is 7.87. The molecule has 0 radical (unpaired) electrons. The number of nitrogens with one attached hydrogen (secondary N) is 1. The van der Waals surface area contributed by atoms with Gasteiger partial charge in [0, 0.05) is 12.6 Å². The molecule has 0 aliphatic carbocycles. The number of hydrogen-bond donors (Lipinski definition) is 2. The Morgan fingerprint density at radius 3 is 1.83 bits per heavy atom. The van der Waals surface area contributed by atoms with Crippen LogP contribution in [0.25, 0.3) is 0 Å². The van der Waals surface area contributed by atoms with E-state index in [4.69, 9.17) is 9.47 Å². The summed E-state index contributed by atoms with van der Waals surface area (Å²) in [5.74, 6) is -1.44. The lowest BCUT2D eigenvalue weighted by Crippen LogP contribution is -2.36. The first-order valence-corrected chi connectivity index (χ1v) is 13.9. The Hall–Kier alpha value is -3.41. The van der Waals surface area contributed by atoms with Crippen LogP contribution < -0.4 is 5.32 Å². The van der Waals surface area contributed by atoms with E-state index in [-0.39, 0.29) is 38.6 Å². The van der Waals surface area contributed by atoms with Gasteiger partial charge in [-0.2, -0.15) is 0 Å². The number of ether oxygens (including phenoxy) is 2. The van der Waals surface area contributed by atoms with Crippen LogP contribution >= 0.6 is 7.37 Å². The molecular weight excluding hydrogens is 477 g/mol. The zero-order valence-corrected chi connectivity index (χ0v) is 21.0. The number of hydrogen-bond acceptors (Lipinski definition) is 5. The number of benzene rings is 3. The molecule has 0 heterocycles. The van der Waals surface area contributed by atoms with Gasteiger partial charge in [-0.25, -0.2) is 4.79 Å². The van der Waals surface area contributed by atoms with Crippen molar-refractivity contribution < 1.29 is 28.5 Å². The summed E-state index contributed by atoms with van der Waals surface area (Å²) in [5, 5.41) is 2.57. The van der Waals surface area contributed by atoms with Crippen LogP contribution in [0, 0.1) is 0 Å². The molecule has 1 amide bonds. The second-order valence-electron chi connectivity index (χ2n) is 8.48. The van der Waals surface area contributed by atoms with Crippen LogP contribution in [0.2, 0.25) is 0 Å². The third kappa shape index (κ3) is 9.68. The zero-order chi connectivity index (χ0) is 25.6. The maximum atomic E-state index is 13.3. The molecule has 36 heavy (non-hydrogen) atoms. The highest BCUT2D eigenvalue weighted by Crippen LogP contribution is 2.47. The van der Waals surface area contributed by atoms with Crippen LogP contribution in [0.15, 0.2) is 91.0 Å². The van der Waals surface area contributed by atoms with E-state index in [9.17, 15) is 19.0 Å². The Kier molecular flexibility index (Phi) is 10.7. The third-order valence-electron chi connectivity index (χ3n) is 5.65. The highest BCUT2D eigenvalue weighted by atomic mass is 31.2. The standard InChI is InChI=1S/C28H32NO6P/c30-27(34-21-24-13-6-2-7-14-24)18-10-17-26(29-28(31)35-22-25-15-8-3-9-16-25)36(32,33)20-19-23-11-4-1-5-12-23/h1-9,11-16,26H,10,17-22H2,(H,29,31)(H,32,33). The Labute approximate surface area is 211 Å². The molecule has 7 nitrogen and oxygen atoms in total. The van der Waals surface area contributed by atoms with Gasteiger partial charge in [0.05, 0.1) is 0 Å². The number of aryl methyl sites for hydroxylation is 1. The van der Waals surface area contributed by atoms with Gasteiger partial charge in [0.15, 0.2) is 0 Å². The molecular formula is C28H32NO6P. The minimum Gasteiger partial charge on any atom is -0.461 e. The van der Waals surface area contributed by atoms with Crippen LogP contribution in [0.4, 0.5) is 4.79 Å². The van der Waals surface area contributed by atoms with Gasteiger partial charge in [-0.1, -0.05) is 91.0 Å². The summed E-state index contributed by atoms with van der Waals surface area (Å²) in [6.45, 7) is 0.216. The first-order chi connectivity index (χ1) is 17.4. The average Bonchev–Trinajstić information content (AvgIpc) is 2.91. The summed E-state index contributed by atoms with van der Waals surface area (Å²) in [5.41, 5.74) is 2.62. The van der Waals surface area contributed by atoms with Gasteiger partial charge in [0.25, 0.3) is 0 Å². The maximum absolute atomic E-state index is 13.3. The molecule has 0 aliphatic rings. The van der Waals surface area contributed by atoms with Crippen LogP contribution in [-0.2, 0) is 38.5 Å². The van der Waals surface area contributed by atoms with Crippen molar-refractivity contribution in [3.63, 3.8) is 0 Å². The molecule has 0 aromatic heterocycles. The van der Waals surface area contributed by atoms with Gasteiger partial charge in [-0.3, -0.25) is 9.36 Å². The van der Waals surface area contributed by atoms with E-state index in [0.717, 1.165) is 16.7 Å². The predicted octanol–water partition coefficient (Wildman–Crippen LogP) is 5.67. The minimum absolute atomic E-state index is 0.000894. The topological polar surface area (TPSA) is 102 Å². The van der Waals surface area contributed by atoms with Crippen molar-refractivity contribution in [3.05, 3.63) is 108 Å². The molecule has 0 fully saturated rings. The zero-order valence-electron chi connectivity index (χ0n) is 20.1. The number of amides is 1. The Balaban J connectivity index is 1.54. The molecule has 3 rings (SSSR count). The first-order valence-electron chi connectivity index (χ1n) is 11.9. The van der Waals surface area contributed by atoms with Gasteiger partial charge in [0.2, 0.25) is 7.37 Å². The van der Waals surface area contributed by atoms with E-state index in [0.29, 0.717) is 6.42 Å².